The molecule has 3 rings (SSSR count). The third-order valence-electron chi connectivity index (χ3n) is 4.30. The number of Topliss-reactive ketones (excluding diaryl/α,β-unsaturated/α-hetero) is 1. The third kappa shape index (κ3) is 4.98. The number of rotatable bonds is 7. The van der Waals surface area contributed by atoms with Gasteiger partial charge in [0.15, 0.2) is 10.9 Å². The van der Waals surface area contributed by atoms with Crippen molar-refractivity contribution in [1.82, 2.24) is 15.3 Å². The number of carbonyl (C=O) groups excluding carboxylic acids is 2. The molecule has 0 aliphatic carbocycles. The lowest BCUT2D eigenvalue weighted by molar-refractivity contribution is -0.118. The number of nitrogens with one attached hydrogen (secondary N) is 2. The number of aromatic amines is 1. The summed E-state index contributed by atoms with van der Waals surface area (Å²) in [5, 5.41) is 3.29. The SMILES string of the molecule is CC(=O)NCCc1ccc(C(=O)C(C)Sc2nc3ccc(C)cc3[nH]2)cc1. The van der Waals surface area contributed by atoms with Crippen molar-refractivity contribution in [3.63, 3.8) is 0 Å². The third-order valence-corrected chi connectivity index (χ3v) is 5.28. The highest BCUT2D eigenvalue weighted by Gasteiger charge is 2.18. The summed E-state index contributed by atoms with van der Waals surface area (Å²) in [5.74, 6) is 0.0402. The number of hydrogen-bond donors (Lipinski definition) is 2. The van der Waals surface area contributed by atoms with Crippen molar-refractivity contribution in [2.45, 2.75) is 37.6 Å². The number of aromatic nitrogens is 2. The Morgan fingerprint density at radius 1 is 1.19 bits per heavy atom. The number of carbonyl (C=O) groups is 2. The zero-order valence-corrected chi connectivity index (χ0v) is 16.5. The number of amides is 1. The molecule has 0 fully saturated rings. The minimum Gasteiger partial charge on any atom is -0.356 e. The largest absolute Gasteiger partial charge is 0.356 e. The Kier molecular flexibility index (Phi) is 5.96. The van der Waals surface area contributed by atoms with E-state index in [4.69, 9.17) is 0 Å². The highest BCUT2D eigenvalue weighted by molar-refractivity contribution is 8.00. The van der Waals surface area contributed by atoms with E-state index in [-0.39, 0.29) is 16.9 Å². The number of thioether (sulfide) groups is 1. The number of hydrogen-bond acceptors (Lipinski definition) is 4. The summed E-state index contributed by atoms with van der Waals surface area (Å²) < 4.78 is 0. The Morgan fingerprint density at radius 2 is 1.93 bits per heavy atom. The van der Waals surface area contributed by atoms with Crippen molar-refractivity contribution in [2.75, 3.05) is 6.54 Å². The highest BCUT2D eigenvalue weighted by Crippen LogP contribution is 2.26. The summed E-state index contributed by atoms with van der Waals surface area (Å²) in [7, 11) is 0. The van der Waals surface area contributed by atoms with Crippen molar-refractivity contribution >= 4 is 34.5 Å². The monoisotopic (exact) mass is 381 g/mol. The van der Waals surface area contributed by atoms with E-state index in [2.05, 4.69) is 21.4 Å². The topological polar surface area (TPSA) is 74.8 Å². The van der Waals surface area contributed by atoms with Gasteiger partial charge in [-0.1, -0.05) is 42.1 Å². The highest BCUT2D eigenvalue weighted by atomic mass is 32.2. The summed E-state index contributed by atoms with van der Waals surface area (Å²) in [6, 6.07) is 13.7. The van der Waals surface area contributed by atoms with Crippen molar-refractivity contribution in [3.05, 3.63) is 59.2 Å². The predicted octanol–water partition coefficient (Wildman–Crippen LogP) is 3.91. The van der Waals surface area contributed by atoms with Gasteiger partial charge in [-0.25, -0.2) is 4.98 Å². The number of nitrogens with zero attached hydrogens (tertiary/aromatic N) is 1. The summed E-state index contributed by atoms with van der Waals surface area (Å²) in [4.78, 5) is 31.5. The Labute approximate surface area is 163 Å². The molecule has 3 aromatic rings. The molecule has 5 nitrogen and oxygen atoms in total. The van der Waals surface area contributed by atoms with Crippen LogP contribution in [0.15, 0.2) is 47.6 Å². The average Bonchev–Trinajstić information content (AvgIpc) is 3.02. The van der Waals surface area contributed by atoms with Gasteiger partial charge >= 0.3 is 0 Å². The van der Waals surface area contributed by atoms with Gasteiger partial charge in [-0.05, 0) is 43.5 Å². The molecule has 140 valence electrons. The van der Waals surface area contributed by atoms with Crippen LogP contribution >= 0.6 is 11.8 Å². The van der Waals surface area contributed by atoms with E-state index in [1.165, 1.54) is 24.2 Å². The minimum absolute atomic E-state index is 0.0339. The van der Waals surface area contributed by atoms with Gasteiger partial charge in [-0.3, -0.25) is 9.59 Å². The van der Waals surface area contributed by atoms with E-state index < -0.39 is 0 Å². The summed E-state index contributed by atoms with van der Waals surface area (Å²) >= 11 is 1.44. The molecule has 1 atom stereocenters. The van der Waals surface area contributed by atoms with Crippen LogP contribution in [0, 0.1) is 6.92 Å². The molecule has 0 saturated heterocycles. The van der Waals surface area contributed by atoms with Crippen LogP contribution in [0.4, 0.5) is 0 Å². The van der Waals surface area contributed by atoms with Crippen molar-refractivity contribution in [1.29, 1.82) is 0 Å². The summed E-state index contributed by atoms with van der Waals surface area (Å²) in [5.41, 5.74) is 4.84. The second kappa shape index (κ2) is 8.39. The number of aryl methyl sites for hydroxylation is 1. The van der Waals surface area contributed by atoms with Crippen LogP contribution in [-0.2, 0) is 11.2 Å². The Bertz CT molecular complexity index is 963. The normalized spacial score (nSPS) is 12.1. The average molecular weight is 382 g/mol. The van der Waals surface area contributed by atoms with Gasteiger partial charge in [-0.15, -0.1) is 0 Å². The van der Waals surface area contributed by atoms with E-state index >= 15 is 0 Å². The second-order valence-electron chi connectivity index (χ2n) is 6.62. The van der Waals surface area contributed by atoms with Gasteiger partial charge in [0.05, 0.1) is 16.3 Å². The Hall–Kier alpha value is -2.60. The molecule has 0 bridgehead atoms. The molecule has 6 heteroatoms. The molecule has 27 heavy (non-hydrogen) atoms. The first kappa shape index (κ1) is 19.2. The van der Waals surface area contributed by atoms with Gasteiger partial charge < -0.3 is 10.3 Å². The lowest BCUT2D eigenvalue weighted by Gasteiger charge is -2.09. The van der Waals surface area contributed by atoms with Crippen LogP contribution < -0.4 is 5.32 Å². The van der Waals surface area contributed by atoms with Crippen LogP contribution in [0.1, 0.15) is 35.3 Å². The molecule has 2 N–H and O–H groups in total. The lowest BCUT2D eigenvalue weighted by Crippen LogP contribution is -2.22. The van der Waals surface area contributed by atoms with E-state index in [0.29, 0.717) is 12.1 Å². The van der Waals surface area contributed by atoms with E-state index in [0.717, 1.165) is 28.2 Å². The zero-order valence-electron chi connectivity index (χ0n) is 15.7. The van der Waals surface area contributed by atoms with Gasteiger partial charge in [0.25, 0.3) is 0 Å². The van der Waals surface area contributed by atoms with Gasteiger partial charge in [0, 0.05) is 19.0 Å². The maximum atomic E-state index is 12.7. The fourth-order valence-corrected chi connectivity index (χ4v) is 3.73. The molecule has 1 heterocycles. The first-order valence-corrected chi connectivity index (χ1v) is 9.81. The van der Waals surface area contributed by atoms with Crippen molar-refractivity contribution in [2.24, 2.45) is 0 Å². The second-order valence-corrected chi connectivity index (χ2v) is 7.95. The van der Waals surface area contributed by atoms with Crippen LogP contribution in [0.3, 0.4) is 0 Å². The Morgan fingerprint density at radius 3 is 2.63 bits per heavy atom. The first-order valence-electron chi connectivity index (χ1n) is 8.93. The number of imidazole rings is 1. The minimum atomic E-state index is -0.239. The molecule has 0 aliphatic heterocycles. The van der Waals surface area contributed by atoms with Crippen molar-refractivity contribution < 1.29 is 9.59 Å². The molecule has 2 aromatic carbocycles. The zero-order chi connectivity index (χ0) is 19.4. The number of ketones is 1. The van der Waals surface area contributed by atoms with Crippen LogP contribution in [0.2, 0.25) is 0 Å². The maximum absolute atomic E-state index is 12.7. The fourth-order valence-electron chi connectivity index (χ4n) is 2.83. The molecule has 1 unspecified atom stereocenters. The van der Waals surface area contributed by atoms with Crippen molar-refractivity contribution in [3.8, 4) is 0 Å². The first-order chi connectivity index (χ1) is 12.9. The molecule has 1 aromatic heterocycles. The van der Waals surface area contributed by atoms with Crippen LogP contribution in [0.25, 0.3) is 11.0 Å². The Balaban J connectivity index is 1.62. The van der Waals surface area contributed by atoms with Gasteiger partial charge in [0.2, 0.25) is 5.91 Å². The maximum Gasteiger partial charge on any atom is 0.216 e. The molecule has 1 amide bonds. The fraction of sp³-hybridized carbons (Fsp3) is 0.286. The van der Waals surface area contributed by atoms with E-state index in [1.807, 2.05) is 50.2 Å². The molecule has 0 saturated carbocycles. The van der Waals surface area contributed by atoms with Crippen LogP contribution in [-0.4, -0.2) is 33.5 Å². The quantitative estimate of drug-likeness (QED) is 0.481. The van der Waals surface area contributed by atoms with Gasteiger partial charge in [-0.2, -0.15) is 0 Å². The molecule has 0 aliphatic rings. The molecular weight excluding hydrogens is 358 g/mol. The smallest absolute Gasteiger partial charge is 0.216 e. The predicted molar refractivity (Wildman–Crippen MR) is 109 cm³/mol. The van der Waals surface area contributed by atoms with E-state index in [9.17, 15) is 9.59 Å². The van der Waals surface area contributed by atoms with Crippen LogP contribution in [0.5, 0.6) is 0 Å². The van der Waals surface area contributed by atoms with E-state index in [1.54, 1.807) is 0 Å². The lowest BCUT2D eigenvalue weighted by atomic mass is 10.0. The number of benzene rings is 2. The van der Waals surface area contributed by atoms with Gasteiger partial charge in [0.1, 0.15) is 0 Å². The summed E-state index contributed by atoms with van der Waals surface area (Å²) in [6.07, 6.45) is 0.747. The number of H-pyrrole nitrogens is 1. The summed E-state index contributed by atoms with van der Waals surface area (Å²) in [6.45, 7) is 6.04. The molecular formula is C21H23N3O2S. The number of fused-ring (bicyclic) bond motifs is 1. The molecule has 0 spiro atoms. The standard InChI is InChI=1S/C21H23N3O2S/c1-13-4-9-18-19(12-13)24-21(23-18)27-14(2)20(26)17-7-5-16(6-8-17)10-11-22-15(3)25/h4-9,12,14H,10-11H2,1-3H3,(H,22,25)(H,23,24). The molecule has 0 radical (unpaired) electrons.